The van der Waals surface area contributed by atoms with Crippen LogP contribution in [0.25, 0.3) is 0 Å². The van der Waals surface area contributed by atoms with Gasteiger partial charge in [0.05, 0.1) is 6.54 Å². The molecule has 3 aromatic rings. The van der Waals surface area contributed by atoms with Gasteiger partial charge in [0.2, 0.25) is 0 Å². The molecule has 0 saturated heterocycles. The molecule has 7 heteroatoms. The van der Waals surface area contributed by atoms with Crippen molar-refractivity contribution in [1.29, 1.82) is 0 Å². The van der Waals surface area contributed by atoms with E-state index in [0.29, 0.717) is 17.5 Å². The number of benzene rings is 2. The lowest BCUT2D eigenvalue weighted by Crippen LogP contribution is -2.14. The average molecular weight is 369 g/mol. The smallest absolute Gasteiger partial charge is 0.316 e. The Labute approximate surface area is 155 Å². The number of carboxylic acids is 1. The Bertz CT molecular complexity index is 853. The molecule has 1 heterocycles. The van der Waals surface area contributed by atoms with Crippen molar-refractivity contribution in [3.8, 4) is 5.75 Å². The van der Waals surface area contributed by atoms with Gasteiger partial charge in [-0.2, -0.15) is 0 Å². The van der Waals surface area contributed by atoms with Gasteiger partial charge in [-0.1, -0.05) is 60.3 Å². The first-order valence-electron chi connectivity index (χ1n) is 8.17. The van der Waals surface area contributed by atoms with Gasteiger partial charge in [-0.05, 0) is 24.6 Å². The highest BCUT2D eigenvalue weighted by Gasteiger charge is 2.20. The highest BCUT2D eigenvalue weighted by Crippen LogP contribution is 2.24. The van der Waals surface area contributed by atoms with Crippen LogP contribution >= 0.6 is 11.8 Å². The van der Waals surface area contributed by atoms with Crippen molar-refractivity contribution in [3.05, 3.63) is 72.1 Å². The van der Waals surface area contributed by atoms with E-state index in [-0.39, 0.29) is 6.61 Å². The van der Waals surface area contributed by atoms with Crippen LogP contribution in [0, 0.1) is 0 Å². The number of para-hydroxylation sites is 1. The second kappa shape index (κ2) is 8.53. The Morgan fingerprint density at radius 2 is 1.77 bits per heavy atom. The quantitative estimate of drug-likeness (QED) is 0.613. The number of rotatable bonds is 8. The van der Waals surface area contributed by atoms with Crippen LogP contribution in [0.5, 0.6) is 5.75 Å². The van der Waals surface area contributed by atoms with Crippen LogP contribution in [0.15, 0.2) is 65.8 Å². The van der Waals surface area contributed by atoms with E-state index in [1.54, 1.807) is 6.92 Å². The molecule has 0 spiro atoms. The summed E-state index contributed by atoms with van der Waals surface area (Å²) < 4.78 is 7.69. The molecular formula is C19H19N3O3S. The maximum atomic E-state index is 11.2. The van der Waals surface area contributed by atoms with Crippen LogP contribution in [-0.2, 0) is 17.9 Å². The van der Waals surface area contributed by atoms with E-state index in [1.165, 1.54) is 11.8 Å². The third-order valence-corrected chi connectivity index (χ3v) is 4.79. The van der Waals surface area contributed by atoms with E-state index in [1.807, 2.05) is 65.2 Å². The van der Waals surface area contributed by atoms with Crippen molar-refractivity contribution in [2.75, 3.05) is 0 Å². The summed E-state index contributed by atoms with van der Waals surface area (Å²) in [5.74, 6) is 0.513. The summed E-state index contributed by atoms with van der Waals surface area (Å²) in [5, 5.41) is 17.5. The van der Waals surface area contributed by atoms with Gasteiger partial charge in [0.1, 0.15) is 17.6 Å². The zero-order valence-corrected chi connectivity index (χ0v) is 15.1. The first kappa shape index (κ1) is 18.0. The average Bonchev–Trinajstić information content (AvgIpc) is 3.03. The lowest BCUT2D eigenvalue weighted by Gasteiger charge is -2.12. The Morgan fingerprint density at radius 3 is 2.42 bits per heavy atom. The normalized spacial score (nSPS) is 11.9. The third kappa shape index (κ3) is 4.64. The molecule has 2 aromatic carbocycles. The number of hydrogen-bond acceptors (Lipinski definition) is 5. The molecule has 1 N–H and O–H groups in total. The first-order valence-corrected chi connectivity index (χ1v) is 9.05. The molecule has 0 unspecified atom stereocenters. The Kier molecular flexibility index (Phi) is 5.91. The molecule has 6 nitrogen and oxygen atoms in total. The Hall–Kier alpha value is -2.80. The van der Waals surface area contributed by atoms with Crippen LogP contribution in [0.4, 0.5) is 0 Å². The topological polar surface area (TPSA) is 77.2 Å². The molecule has 0 radical (unpaired) electrons. The largest absolute Gasteiger partial charge is 0.486 e. The van der Waals surface area contributed by atoms with Gasteiger partial charge in [0.15, 0.2) is 11.0 Å². The fourth-order valence-electron chi connectivity index (χ4n) is 2.31. The predicted molar refractivity (Wildman–Crippen MR) is 99.3 cm³/mol. The minimum absolute atomic E-state index is 0.256. The molecule has 0 aliphatic rings. The van der Waals surface area contributed by atoms with Crippen molar-refractivity contribution in [1.82, 2.24) is 14.8 Å². The van der Waals surface area contributed by atoms with Crippen molar-refractivity contribution in [3.63, 3.8) is 0 Å². The molecule has 0 fully saturated rings. The highest BCUT2D eigenvalue weighted by atomic mass is 32.2. The number of carbonyl (C=O) groups is 1. The SMILES string of the molecule is C[C@@H](Sc1nnc(COc2ccccc2)n1Cc1ccccc1)C(=O)O. The van der Waals surface area contributed by atoms with Gasteiger partial charge < -0.3 is 9.84 Å². The third-order valence-electron chi connectivity index (χ3n) is 3.72. The van der Waals surface area contributed by atoms with Gasteiger partial charge in [0.25, 0.3) is 0 Å². The van der Waals surface area contributed by atoms with E-state index < -0.39 is 11.2 Å². The van der Waals surface area contributed by atoms with Crippen LogP contribution in [0.3, 0.4) is 0 Å². The van der Waals surface area contributed by atoms with E-state index in [0.717, 1.165) is 11.3 Å². The summed E-state index contributed by atoms with van der Waals surface area (Å²) in [7, 11) is 0. The highest BCUT2D eigenvalue weighted by molar-refractivity contribution is 8.00. The van der Waals surface area contributed by atoms with Crippen molar-refractivity contribution < 1.29 is 14.6 Å². The first-order chi connectivity index (χ1) is 12.6. The van der Waals surface area contributed by atoms with E-state index in [9.17, 15) is 9.90 Å². The van der Waals surface area contributed by atoms with Gasteiger partial charge in [-0.25, -0.2) is 0 Å². The van der Waals surface area contributed by atoms with Gasteiger partial charge in [-0.3, -0.25) is 9.36 Å². The molecule has 1 aromatic heterocycles. The van der Waals surface area contributed by atoms with E-state index in [2.05, 4.69) is 10.2 Å². The Balaban J connectivity index is 1.83. The maximum Gasteiger partial charge on any atom is 0.316 e. The number of aliphatic carboxylic acids is 1. The summed E-state index contributed by atoms with van der Waals surface area (Å²) in [5.41, 5.74) is 1.08. The monoisotopic (exact) mass is 369 g/mol. The lowest BCUT2D eigenvalue weighted by atomic mass is 10.2. The number of nitrogens with zero attached hydrogens (tertiary/aromatic N) is 3. The van der Waals surface area contributed by atoms with Crippen molar-refractivity contribution in [2.24, 2.45) is 0 Å². The summed E-state index contributed by atoms with van der Waals surface area (Å²) in [4.78, 5) is 11.2. The van der Waals surface area contributed by atoms with Gasteiger partial charge in [-0.15, -0.1) is 10.2 Å². The zero-order chi connectivity index (χ0) is 18.4. The van der Waals surface area contributed by atoms with Crippen LogP contribution in [0.2, 0.25) is 0 Å². The second-order valence-corrected chi connectivity index (χ2v) is 6.98. The second-order valence-electron chi connectivity index (χ2n) is 5.67. The van der Waals surface area contributed by atoms with Crippen LogP contribution < -0.4 is 4.74 Å². The number of carboxylic acid groups (broad SMARTS) is 1. The van der Waals surface area contributed by atoms with E-state index >= 15 is 0 Å². The molecule has 26 heavy (non-hydrogen) atoms. The number of ether oxygens (including phenoxy) is 1. The molecule has 0 bridgehead atoms. The molecular weight excluding hydrogens is 350 g/mol. The summed E-state index contributed by atoms with van der Waals surface area (Å²) in [6, 6.07) is 19.4. The fraction of sp³-hybridized carbons (Fsp3) is 0.211. The summed E-state index contributed by atoms with van der Waals surface area (Å²) >= 11 is 1.17. The minimum Gasteiger partial charge on any atom is -0.486 e. The molecule has 3 rings (SSSR count). The lowest BCUT2D eigenvalue weighted by molar-refractivity contribution is -0.136. The van der Waals surface area contributed by atoms with Crippen LogP contribution in [-0.4, -0.2) is 31.1 Å². The van der Waals surface area contributed by atoms with Gasteiger partial charge in [0, 0.05) is 0 Å². The Morgan fingerprint density at radius 1 is 1.12 bits per heavy atom. The molecule has 0 saturated carbocycles. The van der Waals surface area contributed by atoms with Gasteiger partial charge >= 0.3 is 5.97 Å². The fourth-order valence-corrected chi connectivity index (χ4v) is 3.11. The van der Waals surface area contributed by atoms with Crippen molar-refractivity contribution in [2.45, 2.75) is 30.5 Å². The number of hydrogen-bond donors (Lipinski definition) is 1. The van der Waals surface area contributed by atoms with E-state index in [4.69, 9.17) is 4.74 Å². The number of aromatic nitrogens is 3. The molecule has 1 atom stereocenters. The minimum atomic E-state index is -0.883. The summed E-state index contributed by atoms with van der Waals surface area (Å²) in [6.45, 7) is 2.44. The molecule has 0 aliphatic heterocycles. The van der Waals surface area contributed by atoms with Crippen LogP contribution in [0.1, 0.15) is 18.3 Å². The summed E-state index contributed by atoms with van der Waals surface area (Å²) in [6.07, 6.45) is 0. The standard InChI is InChI=1S/C19H19N3O3S/c1-14(18(23)24)26-19-21-20-17(13-25-16-10-6-3-7-11-16)22(19)12-15-8-4-2-5-9-15/h2-11,14H,12-13H2,1H3,(H,23,24)/t14-/m1/s1. The predicted octanol–water partition coefficient (Wildman–Crippen LogP) is 3.47. The zero-order valence-electron chi connectivity index (χ0n) is 14.3. The molecule has 0 amide bonds. The molecule has 0 aliphatic carbocycles. The van der Waals surface area contributed by atoms with Crippen molar-refractivity contribution >= 4 is 17.7 Å². The number of thioether (sulfide) groups is 1. The molecule has 134 valence electrons. The maximum absolute atomic E-state index is 11.2.